The summed E-state index contributed by atoms with van der Waals surface area (Å²) in [4.78, 5) is 12.0. The number of nitrogens with one attached hydrogen (secondary N) is 1. The highest BCUT2D eigenvalue weighted by Crippen LogP contribution is 2.29. The number of benzene rings is 1. The Morgan fingerprint density at radius 3 is 2.70 bits per heavy atom. The van der Waals surface area contributed by atoms with E-state index in [2.05, 4.69) is 12.2 Å². The number of amides is 1. The fraction of sp³-hybridized carbons (Fsp3) is 0.562. The van der Waals surface area contributed by atoms with Crippen molar-refractivity contribution in [2.75, 3.05) is 13.2 Å². The van der Waals surface area contributed by atoms with Crippen LogP contribution in [-0.4, -0.2) is 29.8 Å². The van der Waals surface area contributed by atoms with Crippen LogP contribution < -0.4 is 10.1 Å². The number of ether oxygens (including phenoxy) is 1. The van der Waals surface area contributed by atoms with Crippen LogP contribution in [0.4, 0.5) is 0 Å². The zero-order chi connectivity index (χ0) is 14.4. The van der Waals surface area contributed by atoms with Gasteiger partial charge in [-0.1, -0.05) is 38.0 Å². The minimum atomic E-state index is -0.426. The summed E-state index contributed by atoms with van der Waals surface area (Å²) in [5, 5.41) is 12.4. The first kappa shape index (κ1) is 14.9. The molecule has 4 nitrogen and oxygen atoms in total. The quantitative estimate of drug-likeness (QED) is 0.836. The zero-order valence-corrected chi connectivity index (χ0v) is 12.0. The number of carbonyl (C=O) groups is 1. The average Bonchev–Trinajstić information content (AvgIpc) is 2.94. The first-order valence-corrected chi connectivity index (χ1v) is 7.32. The number of para-hydroxylation sites is 1. The van der Waals surface area contributed by atoms with Gasteiger partial charge in [-0.2, -0.15) is 0 Å². The number of aryl methyl sites for hydroxylation is 1. The van der Waals surface area contributed by atoms with Gasteiger partial charge >= 0.3 is 0 Å². The van der Waals surface area contributed by atoms with Gasteiger partial charge in [0, 0.05) is 0 Å². The minimum absolute atomic E-state index is 0.00123. The topological polar surface area (TPSA) is 58.6 Å². The molecule has 1 aliphatic carbocycles. The van der Waals surface area contributed by atoms with E-state index in [4.69, 9.17) is 4.74 Å². The van der Waals surface area contributed by atoms with E-state index in [1.54, 1.807) is 0 Å². The Labute approximate surface area is 120 Å². The largest absolute Gasteiger partial charge is 0.483 e. The number of rotatable bonds is 6. The molecule has 1 aromatic carbocycles. The SMILES string of the molecule is CCc1ccccc1OCC(=O)NC1(CO)CCCC1. The van der Waals surface area contributed by atoms with Crippen molar-refractivity contribution >= 4 is 5.91 Å². The van der Waals surface area contributed by atoms with Crippen molar-refractivity contribution in [2.24, 2.45) is 0 Å². The Kier molecular flexibility index (Phi) is 5.01. The summed E-state index contributed by atoms with van der Waals surface area (Å²) in [5.74, 6) is 0.599. The standard InChI is InChI=1S/C16H23NO3/c1-2-13-7-3-4-8-14(13)20-11-15(19)17-16(12-18)9-5-6-10-16/h3-4,7-8,18H,2,5-6,9-12H2,1H3,(H,17,19). The molecule has 0 spiro atoms. The highest BCUT2D eigenvalue weighted by Gasteiger charge is 2.34. The lowest BCUT2D eigenvalue weighted by atomic mass is 9.99. The third-order valence-corrected chi connectivity index (χ3v) is 3.98. The molecule has 0 radical (unpaired) electrons. The lowest BCUT2D eigenvalue weighted by Gasteiger charge is -2.27. The molecule has 110 valence electrons. The van der Waals surface area contributed by atoms with Gasteiger partial charge in [0.25, 0.3) is 5.91 Å². The fourth-order valence-corrected chi connectivity index (χ4v) is 2.79. The van der Waals surface area contributed by atoms with Crippen molar-refractivity contribution < 1.29 is 14.6 Å². The molecule has 1 aromatic rings. The van der Waals surface area contributed by atoms with E-state index >= 15 is 0 Å². The second kappa shape index (κ2) is 6.75. The van der Waals surface area contributed by atoms with Crippen molar-refractivity contribution in [3.05, 3.63) is 29.8 Å². The van der Waals surface area contributed by atoms with Gasteiger partial charge in [-0.05, 0) is 30.9 Å². The van der Waals surface area contributed by atoms with E-state index in [9.17, 15) is 9.90 Å². The van der Waals surface area contributed by atoms with Crippen molar-refractivity contribution in [1.29, 1.82) is 0 Å². The van der Waals surface area contributed by atoms with E-state index < -0.39 is 5.54 Å². The smallest absolute Gasteiger partial charge is 0.258 e. The molecule has 0 aromatic heterocycles. The Balaban J connectivity index is 1.89. The van der Waals surface area contributed by atoms with Gasteiger partial charge in [0.1, 0.15) is 5.75 Å². The first-order valence-electron chi connectivity index (χ1n) is 7.32. The van der Waals surface area contributed by atoms with Crippen LogP contribution in [0.5, 0.6) is 5.75 Å². The maximum Gasteiger partial charge on any atom is 0.258 e. The van der Waals surface area contributed by atoms with Crippen molar-refractivity contribution in [2.45, 2.75) is 44.6 Å². The van der Waals surface area contributed by atoms with Gasteiger partial charge in [0.05, 0.1) is 12.1 Å². The highest BCUT2D eigenvalue weighted by atomic mass is 16.5. The summed E-state index contributed by atoms with van der Waals surface area (Å²) in [6.45, 7) is 2.06. The molecule has 2 N–H and O–H groups in total. The third kappa shape index (κ3) is 3.51. The first-order chi connectivity index (χ1) is 9.69. The van der Waals surface area contributed by atoms with E-state index in [1.807, 2.05) is 24.3 Å². The molecule has 2 rings (SSSR count). The summed E-state index contributed by atoms with van der Waals surface area (Å²) >= 11 is 0. The molecule has 20 heavy (non-hydrogen) atoms. The van der Waals surface area contributed by atoms with Crippen LogP contribution in [0.3, 0.4) is 0 Å². The monoisotopic (exact) mass is 277 g/mol. The van der Waals surface area contributed by atoms with Gasteiger partial charge in [-0.3, -0.25) is 4.79 Å². The van der Waals surface area contributed by atoms with Crippen LogP contribution >= 0.6 is 0 Å². The lowest BCUT2D eigenvalue weighted by molar-refractivity contribution is -0.125. The van der Waals surface area contributed by atoms with E-state index in [0.717, 1.165) is 43.4 Å². The Bertz CT molecular complexity index is 453. The molecular formula is C16H23NO3. The van der Waals surface area contributed by atoms with Crippen molar-refractivity contribution in [3.8, 4) is 5.75 Å². The molecule has 4 heteroatoms. The molecule has 1 fully saturated rings. The number of aliphatic hydroxyl groups excluding tert-OH is 1. The number of carbonyl (C=O) groups excluding carboxylic acids is 1. The van der Waals surface area contributed by atoms with Gasteiger partial charge in [0.2, 0.25) is 0 Å². The predicted octanol–water partition coefficient (Wildman–Crippen LogP) is 2.05. The highest BCUT2D eigenvalue weighted by molar-refractivity contribution is 5.78. The molecule has 0 atom stereocenters. The van der Waals surface area contributed by atoms with E-state index in [0.29, 0.717) is 0 Å². The van der Waals surface area contributed by atoms with Crippen molar-refractivity contribution in [1.82, 2.24) is 5.32 Å². The van der Waals surface area contributed by atoms with Gasteiger partial charge in [-0.25, -0.2) is 0 Å². The molecule has 0 bridgehead atoms. The lowest BCUT2D eigenvalue weighted by Crippen LogP contribution is -2.50. The van der Waals surface area contributed by atoms with Gasteiger partial charge < -0.3 is 15.2 Å². The normalized spacial score (nSPS) is 16.9. The summed E-state index contributed by atoms with van der Waals surface area (Å²) in [7, 11) is 0. The summed E-state index contributed by atoms with van der Waals surface area (Å²) in [5.41, 5.74) is 0.670. The molecule has 0 aliphatic heterocycles. The maximum absolute atomic E-state index is 12.0. The Hall–Kier alpha value is -1.55. The molecule has 1 saturated carbocycles. The van der Waals surface area contributed by atoms with Gasteiger partial charge in [-0.15, -0.1) is 0 Å². The van der Waals surface area contributed by atoms with Crippen LogP contribution in [0, 0.1) is 0 Å². The predicted molar refractivity (Wildman–Crippen MR) is 77.7 cm³/mol. The van der Waals surface area contributed by atoms with Crippen LogP contribution in [0.25, 0.3) is 0 Å². The number of hydrogen-bond acceptors (Lipinski definition) is 3. The van der Waals surface area contributed by atoms with E-state index in [1.165, 1.54) is 0 Å². The second-order valence-electron chi connectivity index (χ2n) is 5.44. The van der Waals surface area contributed by atoms with Crippen LogP contribution in [0.1, 0.15) is 38.2 Å². The maximum atomic E-state index is 12.0. The molecular weight excluding hydrogens is 254 g/mol. The molecule has 0 unspecified atom stereocenters. The Morgan fingerprint density at radius 2 is 2.05 bits per heavy atom. The fourth-order valence-electron chi connectivity index (χ4n) is 2.79. The number of aliphatic hydroxyl groups is 1. The van der Waals surface area contributed by atoms with Crippen LogP contribution in [0.2, 0.25) is 0 Å². The van der Waals surface area contributed by atoms with Crippen molar-refractivity contribution in [3.63, 3.8) is 0 Å². The van der Waals surface area contributed by atoms with Gasteiger partial charge in [0.15, 0.2) is 6.61 Å². The van der Waals surface area contributed by atoms with Crippen LogP contribution in [0.15, 0.2) is 24.3 Å². The second-order valence-corrected chi connectivity index (χ2v) is 5.44. The summed E-state index contributed by atoms with van der Waals surface area (Å²) in [6, 6.07) is 7.74. The zero-order valence-electron chi connectivity index (χ0n) is 12.0. The third-order valence-electron chi connectivity index (χ3n) is 3.98. The van der Waals surface area contributed by atoms with Crippen LogP contribution in [-0.2, 0) is 11.2 Å². The summed E-state index contributed by atoms with van der Waals surface area (Å²) < 4.78 is 5.60. The molecule has 1 aliphatic rings. The number of hydrogen-bond donors (Lipinski definition) is 2. The average molecular weight is 277 g/mol. The minimum Gasteiger partial charge on any atom is -0.483 e. The Morgan fingerprint density at radius 1 is 1.35 bits per heavy atom. The summed E-state index contributed by atoms with van der Waals surface area (Å²) in [6.07, 6.45) is 4.68. The molecule has 0 saturated heterocycles. The molecule has 1 amide bonds. The van der Waals surface area contributed by atoms with E-state index in [-0.39, 0.29) is 19.1 Å². The molecule has 0 heterocycles.